The molecule has 1 amide bonds. The Labute approximate surface area is 102 Å². The summed E-state index contributed by atoms with van der Waals surface area (Å²) in [6.45, 7) is 3.56. The molecule has 0 saturated carbocycles. The molecule has 0 aliphatic rings. The molecule has 0 atom stereocenters. The first-order valence-electron chi connectivity index (χ1n) is 5.68. The van der Waals surface area contributed by atoms with Gasteiger partial charge in [0, 0.05) is 33.4 Å². The second-order valence-corrected chi connectivity index (χ2v) is 4.01. The van der Waals surface area contributed by atoms with Gasteiger partial charge in [-0.2, -0.15) is 0 Å². The van der Waals surface area contributed by atoms with E-state index in [0.717, 1.165) is 17.8 Å². The number of pyridine rings is 1. The maximum atomic E-state index is 11.7. The maximum absolute atomic E-state index is 11.7. The summed E-state index contributed by atoms with van der Waals surface area (Å²) in [7, 11) is 3.51. The summed E-state index contributed by atoms with van der Waals surface area (Å²) in [4.78, 5) is 19.4. The van der Waals surface area contributed by atoms with Gasteiger partial charge in [0.15, 0.2) is 0 Å². The van der Waals surface area contributed by atoms with Gasteiger partial charge in [-0.1, -0.05) is 0 Å². The highest BCUT2D eigenvalue weighted by atomic mass is 16.2. The van der Waals surface area contributed by atoms with Gasteiger partial charge in [0.25, 0.3) is 0 Å². The highest BCUT2D eigenvalue weighted by Gasteiger charge is 2.14. The fraction of sp³-hybridized carbons (Fsp3) is 0.500. The largest absolute Gasteiger partial charge is 0.361 e. The van der Waals surface area contributed by atoms with Crippen LogP contribution in [0.1, 0.15) is 12.5 Å². The van der Waals surface area contributed by atoms with Crippen LogP contribution in [-0.4, -0.2) is 43.0 Å². The van der Waals surface area contributed by atoms with Crippen molar-refractivity contribution in [3.8, 4) is 0 Å². The lowest BCUT2D eigenvalue weighted by molar-refractivity contribution is -0.127. The molecule has 0 bridgehead atoms. The number of aromatic nitrogens is 1. The topological polar surface area (TPSA) is 62.5 Å². The molecule has 0 fully saturated rings. The fourth-order valence-electron chi connectivity index (χ4n) is 1.54. The number of nitrogens with two attached hydrogens (primary N) is 1. The molecule has 0 aliphatic heterocycles. The van der Waals surface area contributed by atoms with Crippen molar-refractivity contribution < 1.29 is 4.79 Å². The molecule has 17 heavy (non-hydrogen) atoms. The zero-order valence-electron chi connectivity index (χ0n) is 10.7. The first-order chi connectivity index (χ1) is 8.10. The van der Waals surface area contributed by atoms with Gasteiger partial charge in [-0.25, -0.2) is 0 Å². The van der Waals surface area contributed by atoms with Crippen molar-refractivity contribution in [2.75, 3.05) is 32.1 Å². The number of amides is 1. The quantitative estimate of drug-likeness (QED) is 0.806. The Balaban J connectivity index is 2.89. The Morgan fingerprint density at radius 2 is 2.18 bits per heavy atom. The van der Waals surface area contributed by atoms with Gasteiger partial charge >= 0.3 is 0 Å². The van der Waals surface area contributed by atoms with Crippen molar-refractivity contribution in [3.05, 3.63) is 24.0 Å². The van der Waals surface area contributed by atoms with Crippen molar-refractivity contribution in [3.63, 3.8) is 0 Å². The van der Waals surface area contributed by atoms with E-state index in [1.54, 1.807) is 31.4 Å². The van der Waals surface area contributed by atoms with Crippen molar-refractivity contribution >= 4 is 11.6 Å². The second-order valence-electron chi connectivity index (χ2n) is 4.01. The second kappa shape index (κ2) is 6.20. The molecule has 2 N–H and O–H groups in total. The number of carbonyl (C=O) groups excluding carboxylic acids is 1. The van der Waals surface area contributed by atoms with Crippen LogP contribution in [0, 0.1) is 0 Å². The van der Waals surface area contributed by atoms with E-state index < -0.39 is 0 Å². The summed E-state index contributed by atoms with van der Waals surface area (Å²) in [6.07, 6.45) is 3.47. The summed E-state index contributed by atoms with van der Waals surface area (Å²) in [5.74, 6) is 0.0682. The summed E-state index contributed by atoms with van der Waals surface area (Å²) in [6, 6.07) is 1.89. The van der Waals surface area contributed by atoms with Crippen LogP contribution in [0.4, 0.5) is 5.69 Å². The van der Waals surface area contributed by atoms with E-state index in [4.69, 9.17) is 5.73 Å². The molecule has 0 saturated heterocycles. The Bertz CT molecular complexity index is 379. The molecule has 0 radical (unpaired) electrons. The van der Waals surface area contributed by atoms with Crippen molar-refractivity contribution in [1.82, 2.24) is 9.88 Å². The molecule has 5 nitrogen and oxygen atoms in total. The molecule has 1 aromatic rings. The van der Waals surface area contributed by atoms with E-state index in [9.17, 15) is 4.79 Å². The third kappa shape index (κ3) is 3.42. The number of carbonyl (C=O) groups is 1. The van der Waals surface area contributed by atoms with Crippen molar-refractivity contribution in [2.45, 2.75) is 13.5 Å². The van der Waals surface area contributed by atoms with Crippen LogP contribution in [0.2, 0.25) is 0 Å². The zero-order chi connectivity index (χ0) is 12.8. The molecule has 0 spiro atoms. The highest BCUT2D eigenvalue weighted by molar-refractivity contribution is 5.81. The van der Waals surface area contributed by atoms with Gasteiger partial charge in [-0.3, -0.25) is 9.78 Å². The highest BCUT2D eigenvalue weighted by Crippen LogP contribution is 2.18. The van der Waals surface area contributed by atoms with Crippen LogP contribution in [0.3, 0.4) is 0 Å². The lowest BCUT2D eigenvalue weighted by Crippen LogP contribution is -2.37. The third-order valence-electron chi connectivity index (χ3n) is 2.65. The van der Waals surface area contributed by atoms with Crippen LogP contribution < -0.4 is 10.6 Å². The van der Waals surface area contributed by atoms with Crippen LogP contribution in [-0.2, 0) is 11.3 Å². The first kappa shape index (κ1) is 13.4. The summed E-state index contributed by atoms with van der Waals surface area (Å²) in [5.41, 5.74) is 7.63. The molecule has 5 heteroatoms. The number of likely N-dealkylation sites (N-methyl/N-ethyl adjacent to an activating group) is 2. The number of nitrogens with zero attached hydrogens (tertiary/aromatic N) is 3. The van der Waals surface area contributed by atoms with Gasteiger partial charge in [0.1, 0.15) is 0 Å². The van der Waals surface area contributed by atoms with Crippen LogP contribution in [0.5, 0.6) is 0 Å². The third-order valence-corrected chi connectivity index (χ3v) is 2.65. The van der Waals surface area contributed by atoms with Crippen LogP contribution in [0.25, 0.3) is 0 Å². The molecule has 1 aromatic heterocycles. The maximum Gasteiger partial charge on any atom is 0.241 e. The fourth-order valence-corrected chi connectivity index (χ4v) is 1.54. The van der Waals surface area contributed by atoms with Crippen molar-refractivity contribution in [2.24, 2.45) is 5.73 Å². The average molecular weight is 236 g/mol. The standard InChI is InChI=1S/C12H20N4O/c1-4-16(9-12(17)15(2)3)11-8-14-6-5-10(11)7-13/h5-6,8H,4,7,9,13H2,1-3H3. The molecule has 1 heterocycles. The number of anilines is 1. The Kier molecular flexibility index (Phi) is 4.90. The molecule has 1 rings (SSSR count). The SMILES string of the molecule is CCN(CC(=O)N(C)C)c1cnccc1CN. The van der Waals surface area contributed by atoms with E-state index in [-0.39, 0.29) is 5.91 Å². The Hall–Kier alpha value is -1.62. The Morgan fingerprint density at radius 1 is 1.47 bits per heavy atom. The smallest absolute Gasteiger partial charge is 0.241 e. The van der Waals surface area contributed by atoms with Gasteiger partial charge in [-0.05, 0) is 18.6 Å². The molecular formula is C12H20N4O. The van der Waals surface area contributed by atoms with E-state index in [0.29, 0.717) is 13.1 Å². The molecule has 94 valence electrons. The van der Waals surface area contributed by atoms with Gasteiger partial charge in [0.2, 0.25) is 5.91 Å². The van der Waals surface area contributed by atoms with Crippen LogP contribution >= 0.6 is 0 Å². The van der Waals surface area contributed by atoms with E-state index >= 15 is 0 Å². The minimum Gasteiger partial charge on any atom is -0.361 e. The minimum atomic E-state index is 0.0682. The predicted octanol–water partition coefficient (Wildman–Crippen LogP) is 0.455. The summed E-state index contributed by atoms with van der Waals surface area (Å²) < 4.78 is 0. The molecular weight excluding hydrogens is 216 g/mol. The van der Waals surface area contributed by atoms with E-state index in [1.807, 2.05) is 17.9 Å². The molecule has 0 aliphatic carbocycles. The zero-order valence-corrected chi connectivity index (χ0v) is 10.7. The molecule has 0 aromatic carbocycles. The van der Waals surface area contributed by atoms with E-state index in [1.165, 1.54) is 0 Å². The minimum absolute atomic E-state index is 0.0682. The normalized spacial score (nSPS) is 10.1. The monoisotopic (exact) mass is 236 g/mol. The number of hydrogen-bond acceptors (Lipinski definition) is 4. The number of hydrogen-bond donors (Lipinski definition) is 1. The van der Waals surface area contributed by atoms with Gasteiger partial charge in [-0.15, -0.1) is 0 Å². The first-order valence-corrected chi connectivity index (χ1v) is 5.68. The van der Waals surface area contributed by atoms with E-state index in [2.05, 4.69) is 4.98 Å². The number of rotatable bonds is 5. The molecule has 0 unspecified atom stereocenters. The summed E-state index contributed by atoms with van der Waals surface area (Å²) in [5, 5.41) is 0. The van der Waals surface area contributed by atoms with Crippen LogP contribution in [0.15, 0.2) is 18.5 Å². The Morgan fingerprint density at radius 3 is 2.71 bits per heavy atom. The average Bonchev–Trinajstić information content (AvgIpc) is 2.35. The predicted molar refractivity (Wildman–Crippen MR) is 68.7 cm³/mol. The lowest BCUT2D eigenvalue weighted by atomic mass is 10.2. The lowest BCUT2D eigenvalue weighted by Gasteiger charge is -2.25. The van der Waals surface area contributed by atoms with Gasteiger partial charge < -0.3 is 15.5 Å². The van der Waals surface area contributed by atoms with Gasteiger partial charge in [0.05, 0.1) is 18.4 Å². The summed E-state index contributed by atoms with van der Waals surface area (Å²) >= 11 is 0. The van der Waals surface area contributed by atoms with Crippen molar-refractivity contribution in [1.29, 1.82) is 0 Å².